The molecule has 6 nitrogen and oxygen atoms in total. The molecule has 0 heterocycles. The highest BCUT2D eigenvalue weighted by molar-refractivity contribution is 4.83. The summed E-state index contributed by atoms with van der Waals surface area (Å²) in [4.78, 5) is 2.54. The van der Waals surface area contributed by atoms with Gasteiger partial charge in [-0.15, -0.1) is 0 Å². The summed E-state index contributed by atoms with van der Waals surface area (Å²) >= 11 is 0. The van der Waals surface area contributed by atoms with Crippen LogP contribution < -0.4 is 0 Å². The van der Waals surface area contributed by atoms with Crippen LogP contribution in [0.25, 0.3) is 10.4 Å². The number of hydrogen-bond acceptors (Lipinski definition) is 4. The maximum Gasteiger partial charge on any atom is 0.0906 e. The van der Waals surface area contributed by atoms with E-state index >= 15 is 0 Å². The molecule has 0 saturated heterocycles. The first-order valence-electron chi connectivity index (χ1n) is 5.70. The Labute approximate surface area is 94.5 Å². The second-order valence-corrected chi connectivity index (χ2v) is 4.40. The molecule has 0 amide bonds. The minimum Gasteiger partial charge on any atom is -0.396 e. The zero-order chi connectivity index (χ0) is 12.0. The van der Waals surface area contributed by atoms with Gasteiger partial charge in [0, 0.05) is 4.91 Å². The molecule has 0 radical (unpaired) electrons. The van der Waals surface area contributed by atoms with Crippen molar-refractivity contribution in [2.45, 2.75) is 50.4 Å². The van der Waals surface area contributed by atoms with Crippen LogP contribution >= 0.6 is 0 Å². The van der Waals surface area contributed by atoms with E-state index in [0.29, 0.717) is 12.3 Å². The lowest BCUT2D eigenvalue weighted by Crippen LogP contribution is -2.39. The number of aliphatic hydroxyl groups excluding tert-OH is 3. The predicted octanol–water partition coefficient (Wildman–Crippen LogP) is 0.960. The van der Waals surface area contributed by atoms with E-state index in [2.05, 4.69) is 10.0 Å². The Morgan fingerprint density at radius 3 is 2.44 bits per heavy atom. The Hall–Kier alpha value is -0.810. The number of azide groups is 1. The Balaban J connectivity index is 2.43. The smallest absolute Gasteiger partial charge is 0.0906 e. The van der Waals surface area contributed by atoms with Crippen molar-refractivity contribution < 1.29 is 15.3 Å². The monoisotopic (exact) mass is 229 g/mol. The van der Waals surface area contributed by atoms with E-state index in [1.165, 1.54) is 12.8 Å². The van der Waals surface area contributed by atoms with E-state index in [-0.39, 0.29) is 0 Å². The van der Waals surface area contributed by atoms with Crippen LogP contribution in [0.4, 0.5) is 0 Å². The van der Waals surface area contributed by atoms with Crippen molar-refractivity contribution in [2.75, 3.05) is 6.61 Å². The van der Waals surface area contributed by atoms with Crippen LogP contribution in [-0.2, 0) is 0 Å². The molecule has 0 spiro atoms. The van der Waals surface area contributed by atoms with Gasteiger partial charge >= 0.3 is 0 Å². The molecule has 6 heteroatoms. The maximum atomic E-state index is 9.76. The number of hydrogen-bond donors (Lipinski definition) is 3. The fourth-order valence-electron chi connectivity index (χ4n) is 2.26. The first kappa shape index (κ1) is 13.3. The number of nitrogens with zero attached hydrogens (tertiary/aromatic N) is 3. The quantitative estimate of drug-likeness (QED) is 0.358. The fourth-order valence-corrected chi connectivity index (χ4v) is 2.26. The van der Waals surface area contributed by atoms with Gasteiger partial charge in [0.2, 0.25) is 0 Å². The van der Waals surface area contributed by atoms with Gasteiger partial charge in [-0.3, -0.25) is 0 Å². The highest BCUT2D eigenvalue weighted by Crippen LogP contribution is 2.29. The molecule has 16 heavy (non-hydrogen) atoms. The van der Waals surface area contributed by atoms with Crippen LogP contribution in [0.15, 0.2) is 5.11 Å². The standard InChI is InChI=1S/C10H19N3O3/c11-13-12-8(6-14)10(16)9(15)5-7-3-1-2-4-7/h7-10,14-16H,1-6H2/t8-,9-,10+/m1/s1. The van der Waals surface area contributed by atoms with E-state index in [0.717, 1.165) is 12.8 Å². The zero-order valence-corrected chi connectivity index (χ0v) is 9.24. The van der Waals surface area contributed by atoms with Gasteiger partial charge in [0.05, 0.1) is 24.9 Å². The topological polar surface area (TPSA) is 109 Å². The van der Waals surface area contributed by atoms with E-state index in [1.54, 1.807) is 0 Å². The van der Waals surface area contributed by atoms with Crippen molar-refractivity contribution in [3.63, 3.8) is 0 Å². The molecular formula is C10H19N3O3. The predicted molar refractivity (Wildman–Crippen MR) is 58.6 cm³/mol. The summed E-state index contributed by atoms with van der Waals surface area (Å²) in [6.45, 7) is -0.451. The van der Waals surface area contributed by atoms with Crippen LogP contribution in [0.5, 0.6) is 0 Å². The molecule has 1 aliphatic carbocycles. The van der Waals surface area contributed by atoms with Crippen molar-refractivity contribution in [3.8, 4) is 0 Å². The third-order valence-corrected chi connectivity index (χ3v) is 3.23. The molecule has 1 saturated carbocycles. The van der Waals surface area contributed by atoms with E-state index in [9.17, 15) is 10.2 Å². The molecular weight excluding hydrogens is 210 g/mol. The van der Waals surface area contributed by atoms with Crippen molar-refractivity contribution in [2.24, 2.45) is 11.0 Å². The average Bonchev–Trinajstić information content (AvgIpc) is 2.77. The second-order valence-electron chi connectivity index (χ2n) is 4.40. The van der Waals surface area contributed by atoms with Gasteiger partial charge in [-0.1, -0.05) is 30.8 Å². The third kappa shape index (κ3) is 3.64. The summed E-state index contributed by atoms with van der Waals surface area (Å²) in [5.41, 5.74) is 8.24. The van der Waals surface area contributed by atoms with Gasteiger partial charge in [-0.2, -0.15) is 0 Å². The van der Waals surface area contributed by atoms with Crippen LogP contribution in [0.3, 0.4) is 0 Å². The van der Waals surface area contributed by atoms with Gasteiger partial charge in [-0.05, 0) is 17.9 Å². The summed E-state index contributed by atoms with van der Waals surface area (Å²) in [5.74, 6) is 0.440. The first-order chi connectivity index (χ1) is 7.69. The Bertz CT molecular complexity index is 250. The lowest BCUT2D eigenvalue weighted by Gasteiger charge is -2.24. The molecule has 0 aromatic carbocycles. The van der Waals surface area contributed by atoms with Crippen LogP contribution in [0, 0.1) is 5.92 Å². The lowest BCUT2D eigenvalue weighted by atomic mass is 9.94. The van der Waals surface area contributed by atoms with Gasteiger partial charge in [-0.25, -0.2) is 0 Å². The molecule has 1 aliphatic rings. The van der Waals surface area contributed by atoms with E-state index in [4.69, 9.17) is 10.6 Å². The third-order valence-electron chi connectivity index (χ3n) is 3.23. The lowest BCUT2D eigenvalue weighted by molar-refractivity contribution is -0.0182. The number of rotatable bonds is 6. The minimum atomic E-state index is -1.18. The molecule has 0 aromatic heterocycles. The van der Waals surface area contributed by atoms with E-state index in [1.807, 2.05) is 0 Å². The Kier molecular flexibility index (Phi) is 5.55. The first-order valence-corrected chi connectivity index (χ1v) is 5.70. The molecule has 3 N–H and O–H groups in total. The van der Waals surface area contributed by atoms with Crippen LogP contribution in [-0.4, -0.2) is 40.2 Å². The SMILES string of the molecule is [N-]=[N+]=N[C@H](CO)[C@H](O)[C@H](O)CC1CCCC1. The summed E-state index contributed by atoms with van der Waals surface area (Å²) < 4.78 is 0. The van der Waals surface area contributed by atoms with Crippen molar-refractivity contribution in [3.05, 3.63) is 10.4 Å². The van der Waals surface area contributed by atoms with Gasteiger partial charge in [0.15, 0.2) is 0 Å². The molecule has 0 aromatic rings. The van der Waals surface area contributed by atoms with Crippen LogP contribution in [0.1, 0.15) is 32.1 Å². The van der Waals surface area contributed by atoms with Gasteiger partial charge in [0.1, 0.15) is 0 Å². The minimum absolute atomic E-state index is 0.440. The Morgan fingerprint density at radius 2 is 1.94 bits per heavy atom. The fraction of sp³-hybridized carbons (Fsp3) is 1.00. The van der Waals surface area contributed by atoms with Crippen molar-refractivity contribution in [1.82, 2.24) is 0 Å². The van der Waals surface area contributed by atoms with Crippen molar-refractivity contribution in [1.29, 1.82) is 0 Å². The highest BCUT2D eigenvalue weighted by Gasteiger charge is 2.28. The molecule has 3 atom stereocenters. The summed E-state index contributed by atoms with van der Waals surface area (Å²) in [6.07, 6.45) is 2.91. The zero-order valence-electron chi connectivity index (χ0n) is 9.24. The summed E-state index contributed by atoms with van der Waals surface area (Å²) in [6, 6.07) is -0.957. The average molecular weight is 229 g/mol. The highest BCUT2D eigenvalue weighted by atomic mass is 16.3. The number of aliphatic hydroxyl groups is 3. The maximum absolute atomic E-state index is 9.76. The molecule has 92 valence electrons. The molecule has 1 fully saturated rings. The Morgan fingerprint density at radius 1 is 1.31 bits per heavy atom. The van der Waals surface area contributed by atoms with Crippen molar-refractivity contribution >= 4 is 0 Å². The summed E-state index contributed by atoms with van der Waals surface area (Å²) in [5, 5.41) is 31.6. The van der Waals surface area contributed by atoms with E-state index < -0.39 is 24.9 Å². The molecule has 0 aliphatic heterocycles. The second kappa shape index (κ2) is 6.70. The molecule has 0 bridgehead atoms. The summed E-state index contributed by atoms with van der Waals surface area (Å²) in [7, 11) is 0. The van der Waals surface area contributed by atoms with Gasteiger partial charge in [0.25, 0.3) is 0 Å². The molecule has 0 unspecified atom stereocenters. The van der Waals surface area contributed by atoms with Crippen LogP contribution in [0.2, 0.25) is 0 Å². The molecule has 1 rings (SSSR count). The van der Waals surface area contributed by atoms with Gasteiger partial charge < -0.3 is 15.3 Å². The largest absolute Gasteiger partial charge is 0.396 e. The normalized spacial score (nSPS) is 22.4.